The second-order valence-corrected chi connectivity index (χ2v) is 15.6. The van der Waals surface area contributed by atoms with Crippen LogP contribution in [0.5, 0.6) is 0 Å². The Labute approximate surface area is 244 Å². The molecule has 4 rings (SSSR count). The van der Waals surface area contributed by atoms with E-state index in [1.807, 2.05) is 18.2 Å². The van der Waals surface area contributed by atoms with Crippen molar-refractivity contribution in [2.75, 3.05) is 13.7 Å². The summed E-state index contributed by atoms with van der Waals surface area (Å²) in [6.45, 7) is 7.34. The van der Waals surface area contributed by atoms with Crippen molar-refractivity contribution in [2.45, 2.75) is 63.4 Å². The van der Waals surface area contributed by atoms with E-state index in [-0.39, 0.29) is 17.2 Å². The molecule has 1 aliphatic rings. The average Bonchev–Trinajstić information content (AvgIpc) is 2.99. The fraction of sp³-hybridized carbons (Fsp3) is 0.353. The summed E-state index contributed by atoms with van der Waals surface area (Å²) in [6.07, 6.45) is 3.60. The van der Waals surface area contributed by atoms with Gasteiger partial charge >= 0.3 is 11.9 Å². The van der Waals surface area contributed by atoms with Crippen LogP contribution in [0, 0.1) is 0 Å². The molecule has 1 heterocycles. The van der Waals surface area contributed by atoms with E-state index >= 15 is 0 Å². The Bertz CT molecular complexity index is 1250. The van der Waals surface area contributed by atoms with Gasteiger partial charge < -0.3 is 18.6 Å². The number of benzene rings is 3. The molecule has 0 spiro atoms. The zero-order chi connectivity index (χ0) is 29.3. The Hall–Kier alpha value is -3.52. The molecule has 0 aromatic heterocycles. The van der Waals surface area contributed by atoms with Crippen molar-refractivity contribution in [1.82, 2.24) is 0 Å². The van der Waals surface area contributed by atoms with E-state index in [9.17, 15) is 9.59 Å². The van der Waals surface area contributed by atoms with Crippen LogP contribution < -0.4 is 10.4 Å². The van der Waals surface area contributed by atoms with E-state index in [0.29, 0.717) is 18.6 Å². The van der Waals surface area contributed by atoms with Crippen LogP contribution in [0.15, 0.2) is 103 Å². The van der Waals surface area contributed by atoms with Crippen LogP contribution in [0.3, 0.4) is 0 Å². The molecule has 3 aromatic rings. The van der Waals surface area contributed by atoms with Gasteiger partial charge in [-0.25, -0.2) is 9.59 Å². The first-order valence-corrected chi connectivity index (χ1v) is 16.1. The molecule has 1 aliphatic heterocycles. The predicted octanol–water partition coefficient (Wildman–Crippen LogP) is 5.46. The summed E-state index contributed by atoms with van der Waals surface area (Å²) in [7, 11) is -1.52. The fourth-order valence-corrected chi connectivity index (χ4v) is 10.3. The Kier molecular flexibility index (Phi) is 10.3. The van der Waals surface area contributed by atoms with Crippen LogP contribution in [0.2, 0.25) is 5.04 Å². The molecule has 1 fully saturated rings. The summed E-state index contributed by atoms with van der Waals surface area (Å²) >= 11 is 0. The number of rotatable bonds is 10. The van der Waals surface area contributed by atoms with Gasteiger partial charge in [-0.1, -0.05) is 99.6 Å². The summed E-state index contributed by atoms with van der Waals surface area (Å²) in [5.41, 5.74) is 0.439. The minimum Gasteiger partial charge on any atom is -0.466 e. The predicted molar refractivity (Wildman–Crippen MR) is 163 cm³/mol. The maximum absolute atomic E-state index is 13.0. The van der Waals surface area contributed by atoms with Gasteiger partial charge in [0.05, 0.1) is 24.9 Å². The Morgan fingerprint density at radius 2 is 1.49 bits per heavy atom. The molecule has 7 heteroatoms. The van der Waals surface area contributed by atoms with Gasteiger partial charge in [0.2, 0.25) is 0 Å². The molecule has 0 saturated carbocycles. The maximum atomic E-state index is 13.0. The molecule has 0 radical (unpaired) electrons. The van der Waals surface area contributed by atoms with Crippen molar-refractivity contribution < 1.29 is 28.2 Å². The molecule has 41 heavy (non-hydrogen) atoms. The molecule has 6 nitrogen and oxygen atoms in total. The lowest BCUT2D eigenvalue weighted by molar-refractivity contribution is -0.134. The SMILES string of the molecule is COC(=O)/C=C\[C@@H](C[C@@H]1OCCC[C@H]1O[Si](c1ccccc1)(c1ccccc1)C(C)(C)C)OC(=O)c1ccccc1. The van der Waals surface area contributed by atoms with Gasteiger partial charge in [-0.15, -0.1) is 0 Å². The third-order valence-electron chi connectivity index (χ3n) is 7.51. The minimum absolute atomic E-state index is 0.193. The summed E-state index contributed by atoms with van der Waals surface area (Å²) in [5.74, 6) is -0.985. The van der Waals surface area contributed by atoms with E-state index in [4.69, 9.17) is 18.6 Å². The fourth-order valence-electron chi connectivity index (χ4n) is 5.51. The van der Waals surface area contributed by atoms with E-state index < -0.39 is 26.4 Å². The molecule has 0 N–H and O–H groups in total. The average molecular weight is 573 g/mol. The first-order valence-electron chi connectivity index (χ1n) is 14.2. The van der Waals surface area contributed by atoms with E-state index in [0.717, 1.165) is 12.8 Å². The molecular weight excluding hydrogens is 532 g/mol. The van der Waals surface area contributed by atoms with Gasteiger partial charge in [-0.3, -0.25) is 0 Å². The lowest BCUT2D eigenvalue weighted by Gasteiger charge is -2.47. The number of hydrogen-bond acceptors (Lipinski definition) is 6. The van der Waals surface area contributed by atoms with Crippen molar-refractivity contribution in [3.63, 3.8) is 0 Å². The molecule has 3 aromatic carbocycles. The van der Waals surface area contributed by atoms with Gasteiger partial charge in [0.25, 0.3) is 8.32 Å². The van der Waals surface area contributed by atoms with Crippen molar-refractivity contribution in [2.24, 2.45) is 0 Å². The Morgan fingerprint density at radius 1 is 0.927 bits per heavy atom. The molecule has 0 amide bonds. The van der Waals surface area contributed by atoms with Gasteiger partial charge in [0, 0.05) is 19.1 Å². The van der Waals surface area contributed by atoms with Crippen LogP contribution in [-0.4, -0.2) is 52.3 Å². The maximum Gasteiger partial charge on any atom is 0.338 e. The number of carbonyl (C=O) groups excluding carboxylic acids is 2. The highest BCUT2D eigenvalue weighted by Crippen LogP contribution is 2.39. The Morgan fingerprint density at radius 3 is 2.02 bits per heavy atom. The van der Waals surface area contributed by atoms with Crippen LogP contribution in [-0.2, 0) is 23.4 Å². The van der Waals surface area contributed by atoms with Gasteiger partial charge in [0.1, 0.15) is 6.10 Å². The van der Waals surface area contributed by atoms with E-state index in [2.05, 4.69) is 69.3 Å². The van der Waals surface area contributed by atoms with E-state index in [1.54, 1.807) is 30.3 Å². The lowest BCUT2D eigenvalue weighted by atomic mass is 10.00. The molecule has 3 atom stereocenters. The monoisotopic (exact) mass is 572 g/mol. The smallest absolute Gasteiger partial charge is 0.338 e. The second-order valence-electron chi connectivity index (χ2n) is 11.3. The van der Waals surface area contributed by atoms with Crippen LogP contribution in [0.1, 0.15) is 50.4 Å². The number of methoxy groups -OCH3 is 1. The van der Waals surface area contributed by atoms with Gasteiger partial charge in [-0.05, 0) is 46.5 Å². The second kappa shape index (κ2) is 13.9. The third-order valence-corrected chi connectivity index (χ3v) is 12.6. The largest absolute Gasteiger partial charge is 0.466 e. The lowest BCUT2D eigenvalue weighted by Crippen LogP contribution is -2.68. The molecule has 0 unspecified atom stereocenters. The highest BCUT2D eigenvalue weighted by molar-refractivity contribution is 6.99. The van der Waals surface area contributed by atoms with Crippen LogP contribution in [0.25, 0.3) is 0 Å². The zero-order valence-corrected chi connectivity index (χ0v) is 25.3. The first-order chi connectivity index (χ1) is 19.7. The Balaban J connectivity index is 1.68. The number of carbonyl (C=O) groups is 2. The topological polar surface area (TPSA) is 71.1 Å². The standard InChI is InChI=1S/C34H40O6Si/c1-34(2,3)41(28-17-10-6-11-18-28,29-19-12-7-13-20-29)40-30-21-14-24-38-31(30)25-27(22-23-32(35)37-4)39-33(36)26-15-8-5-9-16-26/h5-13,15-20,22-23,27,30-31H,14,21,24-25H2,1-4H3/b23-22-/t27-,30+,31-/m0/s1. The summed E-state index contributed by atoms with van der Waals surface area (Å²) in [5, 5.41) is 2.20. The van der Waals surface area contributed by atoms with E-state index in [1.165, 1.54) is 23.6 Å². The number of esters is 2. The molecular formula is C34H40O6Si. The zero-order valence-electron chi connectivity index (χ0n) is 24.3. The minimum atomic E-state index is -2.84. The summed E-state index contributed by atoms with van der Waals surface area (Å²) < 4.78 is 24.4. The third kappa shape index (κ3) is 7.41. The molecule has 0 aliphatic carbocycles. The van der Waals surface area contributed by atoms with Gasteiger partial charge in [-0.2, -0.15) is 0 Å². The number of ether oxygens (including phenoxy) is 3. The summed E-state index contributed by atoms with van der Waals surface area (Å²) in [4.78, 5) is 24.9. The summed E-state index contributed by atoms with van der Waals surface area (Å²) in [6, 6.07) is 29.9. The van der Waals surface area contributed by atoms with Gasteiger partial charge in [0.15, 0.2) is 0 Å². The molecule has 216 valence electrons. The quantitative estimate of drug-likeness (QED) is 0.183. The van der Waals surface area contributed by atoms with Crippen molar-refractivity contribution in [3.8, 4) is 0 Å². The highest BCUT2D eigenvalue weighted by Gasteiger charge is 2.52. The molecule has 1 saturated heterocycles. The first kappa shape index (κ1) is 30.4. The van der Waals surface area contributed by atoms with Crippen LogP contribution >= 0.6 is 0 Å². The molecule has 0 bridgehead atoms. The highest BCUT2D eigenvalue weighted by atomic mass is 28.4. The van der Waals surface area contributed by atoms with Crippen molar-refractivity contribution in [3.05, 3.63) is 109 Å². The van der Waals surface area contributed by atoms with Crippen molar-refractivity contribution in [1.29, 1.82) is 0 Å². The van der Waals surface area contributed by atoms with Crippen LogP contribution in [0.4, 0.5) is 0 Å². The number of hydrogen-bond donors (Lipinski definition) is 0. The normalized spacial score (nSPS) is 18.5. The van der Waals surface area contributed by atoms with Crippen molar-refractivity contribution >= 4 is 30.6 Å².